The summed E-state index contributed by atoms with van der Waals surface area (Å²) >= 11 is 11.8. The van der Waals surface area contributed by atoms with Gasteiger partial charge in [-0.2, -0.15) is 0 Å². The van der Waals surface area contributed by atoms with Gasteiger partial charge in [0.15, 0.2) is 0 Å². The van der Waals surface area contributed by atoms with E-state index in [1.807, 2.05) is 0 Å². The molecule has 1 aliphatic carbocycles. The summed E-state index contributed by atoms with van der Waals surface area (Å²) in [4.78, 5) is 12.3. The zero-order valence-corrected chi connectivity index (χ0v) is 14.6. The average Bonchev–Trinajstić information content (AvgIpc) is 2.91. The second-order valence-electron chi connectivity index (χ2n) is 5.55. The summed E-state index contributed by atoms with van der Waals surface area (Å²) in [5.41, 5.74) is 6.22. The minimum absolute atomic E-state index is 0. The van der Waals surface area contributed by atoms with Crippen LogP contribution in [0, 0.1) is 17.7 Å². The van der Waals surface area contributed by atoms with E-state index in [-0.39, 0.29) is 41.2 Å². The predicted octanol–water partition coefficient (Wildman–Crippen LogP) is 4.11. The topological polar surface area (TPSA) is 55.1 Å². The number of hydrogen-bond acceptors (Lipinski definition) is 2. The highest BCUT2D eigenvalue weighted by Crippen LogP contribution is 2.33. The van der Waals surface area contributed by atoms with Crippen molar-refractivity contribution in [3.8, 4) is 0 Å². The van der Waals surface area contributed by atoms with Crippen molar-refractivity contribution in [2.24, 2.45) is 17.6 Å². The molecule has 3 N–H and O–H groups in total. The third-order valence-corrected chi connectivity index (χ3v) is 4.78. The fraction of sp³-hybridized carbons (Fsp3) is 0.533. The SMILES string of the molecule is CC(NC(=O)[C@@H]1CCC[C@@H]1CN)c1cc(F)c(Cl)cc1Cl.Cl. The molecule has 1 fully saturated rings. The highest BCUT2D eigenvalue weighted by molar-refractivity contribution is 6.35. The van der Waals surface area contributed by atoms with Crippen LogP contribution in [0.3, 0.4) is 0 Å². The Hall–Kier alpha value is -0.550. The minimum Gasteiger partial charge on any atom is -0.349 e. The number of carbonyl (C=O) groups excluding carboxylic acids is 1. The number of nitrogens with one attached hydrogen (secondary N) is 1. The Balaban J connectivity index is 0.00000242. The molecule has 1 aromatic rings. The van der Waals surface area contributed by atoms with Gasteiger partial charge < -0.3 is 11.1 Å². The summed E-state index contributed by atoms with van der Waals surface area (Å²) < 4.78 is 13.6. The first-order chi connectivity index (χ1) is 9.93. The molecule has 2 rings (SSSR count). The Labute approximate surface area is 146 Å². The van der Waals surface area contributed by atoms with Crippen LogP contribution in [-0.4, -0.2) is 12.5 Å². The molecule has 0 heterocycles. The first-order valence-corrected chi connectivity index (χ1v) is 7.84. The normalized spacial score (nSPS) is 22.0. The zero-order valence-electron chi connectivity index (χ0n) is 12.2. The van der Waals surface area contributed by atoms with Gasteiger partial charge in [-0.1, -0.05) is 29.6 Å². The van der Waals surface area contributed by atoms with E-state index < -0.39 is 5.82 Å². The van der Waals surface area contributed by atoms with Crippen molar-refractivity contribution in [1.29, 1.82) is 0 Å². The Morgan fingerprint density at radius 2 is 2.09 bits per heavy atom. The maximum atomic E-state index is 13.6. The molecular formula is C15H20Cl3FN2O. The summed E-state index contributed by atoms with van der Waals surface area (Å²) in [5.74, 6) is -0.414. The van der Waals surface area contributed by atoms with Gasteiger partial charge in [-0.15, -0.1) is 12.4 Å². The zero-order chi connectivity index (χ0) is 15.6. The Morgan fingerprint density at radius 3 is 2.73 bits per heavy atom. The number of benzene rings is 1. The van der Waals surface area contributed by atoms with Gasteiger partial charge in [0.25, 0.3) is 0 Å². The van der Waals surface area contributed by atoms with Crippen LogP contribution >= 0.6 is 35.6 Å². The van der Waals surface area contributed by atoms with Gasteiger partial charge in [-0.3, -0.25) is 4.79 Å². The number of hydrogen-bond donors (Lipinski definition) is 2. The van der Waals surface area contributed by atoms with Crippen molar-refractivity contribution in [2.75, 3.05) is 6.54 Å². The summed E-state index contributed by atoms with van der Waals surface area (Å²) in [7, 11) is 0. The second kappa shape index (κ2) is 8.34. The summed E-state index contributed by atoms with van der Waals surface area (Å²) in [6.07, 6.45) is 2.85. The van der Waals surface area contributed by atoms with Crippen LogP contribution in [-0.2, 0) is 4.79 Å². The summed E-state index contributed by atoms with van der Waals surface area (Å²) in [6, 6.07) is 2.25. The van der Waals surface area contributed by atoms with Crippen molar-refractivity contribution in [3.05, 3.63) is 33.6 Å². The van der Waals surface area contributed by atoms with E-state index >= 15 is 0 Å². The average molecular weight is 370 g/mol. The maximum absolute atomic E-state index is 13.6. The minimum atomic E-state index is -0.544. The van der Waals surface area contributed by atoms with E-state index in [0.717, 1.165) is 19.3 Å². The van der Waals surface area contributed by atoms with Crippen LogP contribution in [0.1, 0.15) is 37.8 Å². The molecule has 0 spiro atoms. The summed E-state index contributed by atoms with van der Waals surface area (Å²) in [5, 5.41) is 3.22. The smallest absolute Gasteiger partial charge is 0.223 e. The second-order valence-corrected chi connectivity index (χ2v) is 6.37. The number of nitrogens with two attached hydrogens (primary N) is 1. The molecule has 1 saturated carbocycles. The molecule has 7 heteroatoms. The van der Waals surface area contributed by atoms with E-state index in [2.05, 4.69) is 5.32 Å². The molecule has 124 valence electrons. The van der Waals surface area contributed by atoms with Crippen LogP contribution < -0.4 is 11.1 Å². The lowest BCUT2D eigenvalue weighted by atomic mass is 9.94. The molecule has 3 atom stereocenters. The van der Waals surface area contributed by atoms with Crippen molar-refractivity contribution in [2.45, 2.75) is 32.2 Å². The Morgan fingerprint density at radius 1 is 1.41 bits per heavy atom. The van der Waals surface area contributed by atoms with E-state index in [1.54, 1.807) is 6.92 Å². The summed E-state index contributed by atoms with van der Waals surface area (Å²) in [6.45, 7) is 2.29. The lowest BCUT2D eigenvalue weighted by Crippen LogP contribution is -2.36. The van der Waals surface area contributed by atoms with Crippen LogP contribution in [0.2, 0.25) is 10.0 Å². The number of carbonyl (C=O) groups is 1. The maximum Gasteiger partial charge on any atom is 0.223 e. The van der Waals surface area contributed by atoms with Crippen molar-refractivity contribution < 1.29 is 9.18 Å². The van der Waals surface area contributed by atoms with Crippen LogP contribution in [0.4, 0.5) is 4.39 Å². The molecule has 1 aliphatic rings. The molecule has 1 aromatic carbocycles. The molecule has 0 aromatic heterocycles. The monoisotopic (exact) mass is 368 g/mol. The third kappa shape index (κ3) is 4.25. The highest BCUT2D eigenvalue weighted by atomic mass is 35.5. The fourth-order valence-corrected chi connectivity index (χ4v) is 3.48. The van der Waals surface area contributed by atoms with Crippen LogP contribution in [0.25, 0.3) is 0 Å². The fourth-order valence-electron chi connectivity index (χ4n) is 2.93. The van der Waals surface area contributed by atoms with Gasteiger partial charge in [-0.05, 0) is 49.9 Å². The third-order valence-electron chi connectivity index (χ3n) is 4.16. The Bertz CT molecular complexity index is 542. The largest absolute Gasteiger partial charge is 0.349 e. The number of amides is 1. The highest BCUT2D eigenvalue weighted by Gasteiger charge is 2.32. The quantitative estimate of drug-likeness (QED) is 0.785. The predicted molar refractivity (Wildman–Crippen MR) is 90.1 cm³/mol. The van der Waals surface area contributed by atoms with E-state index in [9.17, 15) is 9.18 Å². The molecule has 3 nitrogen and oxygen atoms in total. The lowest BCUT2D eigenvalue weighted by Gasteiger charge is -2.22. The van der Waals surface area contributed by atoms with Gasteiger partial charge >= 0.3 is 0 Å². The number of rotatable bonds is 4. The first-order valence-electron chi connectivity index (χ1n) is 7.09. The number of halogens is 4. The van der Waals surface area contributed by atoms with Crippen LogP contribution in [0.15, 0.2) is 12.1 Å². The van der Waals surface area contributed by atoms with Crippen molar-refractivity contribution in [3.63, 3.8) is 0 Å². The standard InChI is InChI=1S/C15H19Cl2FN2O.ClH/c1-8(11-5-14(18)13(17)6-12(11)16)20-15(21)10-4-2-3-9(10)7-19;/h5-6,8-10H,2-4,7,19H2,1H3,(H,20,21);1H/t8?,9-,10-;/m1./s1. The van der Waals surface area contributed by atoms with Crippen LogP contribution in [0.5, 0.6) is 0 Å². The molecule has 0 aliphatic heterocycles. The first kappa shape index (κ1) is 19.5. The van der Waals surface area contributed by atoms with Crippen molar-refractivity contribution >= 4 is 41.5 Å². The van der Waals surface area contributed by atoms with Crippen molar-refractivity contribution in [1.82, 2.24) is 5.32 Å². The van der Waals surface area contributed by atoms with Gasteiger partial charge in [0.2, 0.25) is 5.91 Å². The van der Waals surface area contributed by atoms with E-state index in [1.165, 1.54) is 12.1 Å². The van der Waals surface area contributed by atoms with E-state index in [4.69, 9.17) is 28.9 Å². The van der Waals surface area contributed by atoms with Gasteiger partial charge in [-0.25, -0.2) is 4.39 Å². The Kier molecular flexibility index (Phi) is 7.39. The lowest BCUT2D eigenvalue weighted by molar-refractivity contribution is -0.126. The van der Waals surface area contributed by atoms with E-state index in [0.29, 0.717) is 17.1 Å². The molecule has 0 radical (unpaired) electrons. The molecule has 1 amide bonds. The molecule has 1 unspecified atom stereocenters. The molecule has 22 heavy (non-hydrogen) atoms. The molecule has 0 bridgehead atoms. The van der Waals surface area contributed by atoms with Gasteiger partial charge in [0.05, 0.1) is 11.1 Å². The molecule has 0 saturated heterocycles. The van der Waals surface area contributed by atoms with Gasteiger partial charge in [0.1, 0.15) is 5.82 Å². The van der Waals surface area contributed by atoms with Gasteiger partial charge in [0, 0.05) is 10.9 Å². The molecular weight excluding hydrogens is 350 g/mol.